The summed E-state index contributed by atoms with van der Waals surface area (Å²) in [5, 5.41) is 2.95. The van der Waals surface area contributed by atoms with Crippen LogP contribution in [0.1, 0.15) is 82.5 Å². The fourth-order valence-corrected chi connectivity index (χ4v) is 6.16. The lowest BCUT2D eigenvalue weighted by molar-refractivity contribution is -0.134. The second-order valence-electron chi connectivity index (χ2n) is 11.0. The van der Waals surface area contributed by atoms with Gasteiger partial charge in [-0.05, 0) is 68.1 Å². The summed E-state index contributed by atoms with van der Waals surface area (Å²) in [6, 6.07) is 3.52. The Morgan fingerprint density at radius 2 is 1.91 bits per heavy atom. The highest BCUT2D eigenvalue weighted by Crippen LogP contribution is 2.46. The molecular formula is C25H36N4O3. The number of carbonyl (C=O) groups excluding carboxylic acids is 3. The van der Waals surface area contributed by atoms with E-state index in [1.807, 2.05) is 19.1 Å². The molecule has 7 heteroatoms. The SMILES string of the molecule is Cc1ccn(C(=O)CN2C(=O)NC3(CC(C)CC(C)(C)C3)C2=O)c(=NC2CCCCC2)c1. The van der Waals surface area contributed by atoms with Crippen LogP contribution in [0, 0.1) is 18.3 Å². The molecule has 32 heavy (non-hydrogen) atoms. The van der Waals surface area contributed by atoms with Gasteiger partial charge in [-0.1, -0.05) is 40.0 Å². The fourth-order valence-electron chi connectivity index (χ4n) is 6.16. The Bertz CT molecular complexity index is 989. The number of urea groups is 1. The normalized spacial score (nSPS) is 28.9. The molecule has 0 bridgehead atoms. The second-order valence-corrected chi connectivity index (χ2v) is 11.0. The summed E-state index contributed by atoms with van der Waals surface area (Å²) in [4.78, 5) is 45.4. The number of amides is 3. The van der Waals surface area contributed by atoms with Crippen molar-refractivity contribution in [3.8, 4) is 0 Å². The van der Waals surface area contributed by atoms with Crippen LogP contribution in [0.25, 0.3) is 0 Å². The number of pyridine rings is 1. The molecule has 2 aliphatic carbocycles. The van der Waals surface area contributed by atoms with E-state index in [-0.39, 0.29) is 29.8 Å². The van der Waals surface area contributed by atoms with Crippen LogP contribution in [0.15, 0.2) is 23.3 Å². The fraction of sp³-hybridized carbons (Fsp3) is 0.680. The highest BCUT2D eigenvalue weighted by molar-refractivity contribution is 6.09. The van der Waals surface area contributed by atoms with Gasteiger partial charge in [0.2, 0.25) is 0 Å². The van der Waals surface area contributed by atoms with Crippen LogP contribution in [-0.2, 0) is 4.79 Å². The number of imide groups is 1. The molecule has 174 valence electrons. The van der Waals surface area contributed by atoms with Crippen molar-refractivity contribution >= 4 is 17.8 Å². The Morgan fingerprint density at radius 3 is 2.59 bits per heavy atom. The standard InChI is InChI=1S/C25H36N4O3/c1-17-10-11-28(20(12-17)26-19-8-6-5-7-9-19)21(30)15-29-22(31)25(27-23(29)32)14-18(2)13-24(3,4)16-25/h10-12,18-19H,5-9,13-16H2,1-4H3,(H,27,32). The van der Waals surface area contributed by atoms with Gasteiger partial charge in [0, 0.05) is 6.20 Å². The first-order valence-corrected chi connectivity index (χ1v) is 12.0. The lowest BCUT2D eigenvalue weighted by Crippen LogP contribution is -2.54. The number of aromatic nitrogens is 1. The van der Waals surface area contributed by atoms with Crippen molar-refractivity contribution < 1.29 is 14.4 Å². The number of nitrogens with one attached hydrogen (secondary N) is 1. The van der Waals surface area contributed by atoms with Crippen LogP contribution >= 0.6 is 0 Å². The Morgan fingerprint density at radius 1 is 1.19 bits per heavy atom. The molecule has 2 atom stereocenters. The summed E-state index contributed by atoms with van der Waals surface area (Å²) in [6.45, 7) is 8.10. The van der Waals surface area contributed by atoms with E-state index < -0.39 is 11.6 Å². The Hall–Kier alpha value is -2.44. The molecule has 3 aliphatic rings. The topological polar surface area (TPSA) is 83.8 Å². The molecule has 2 saturated carbocycles. The van der Waals surface area contributed by atoms with Crippen molar-refractivity contribution in [1.29, 1.82) is 0 Å². The van der Waals surface area contributed by atoms with Gasteiger partial charge in [0.1, 0.15) is 17.6 Å². The zero-order valence-corrected chi connectivity index (χ0v) is 19.8. The van der Waals surface area contributed by atoms with Crippen molar-refractivity contribution in [2.24, 2.45) is 16.3 Å². The molecule has 0 radical (unpaired) electrons. The van der Waals surface area contributed by atoms with Crippen LogP contribution < -0.4 is 10.8 Å². The Labute approximate surface area is 190 Å². The molecular weight excluding hydrogens is 404 g/mol. The van der Waals surface area contributed by atoms with Crippen molar-refractivity contribution in [3.63, 3.8) is 0 Å². The molecule has 7 nitrogen and oxygen atoms in total. The molecule has 3 fully saturated rings. The summed E-state index contributed by atoms with van der Waals surface area (Å²) in [5.74, 6) is -0.261. The van der Waals surface area contributed by atoms with E-state index >= 15 is 0 Å². The minimum atomic E-state index is -0.897. The summed E-state index contributed by atoms with van der Waals surface area (Å²) in [6.07, 6.45) is 9.56. The minimum Gasteiger partial charge on any atom is -0.323 e. The predicted octanol–water partition coefficient (Wildman–Crippen LogP) is 3.81. The van der Waals surface area contributed by atoms with Crippen molar-refractivity contribution in [2.75, 3.05) is 6.54 Å². The van der Waals surface area contributed by atoms with E-state index in [0.717, 1.165) is 42.6 Å². The molecule has 1 spiro atoms. The van der Waals surface area contributed by atoms with Crippen LogP contribution in [0.4, 0.5) is 4.79 Å². The molecule has 2 heterocycles. The molecule has 0 aromatic carbocycles. The quantitative estimate of drug-likeness (QED) is 0.726. The molecule has 1 aromatic heterocycles. The van der Waals surface area contributed by atoms with Crippen molar-refractivity contribution in [3.05, 3.63) is 29.4 Å². The van der Waals surface area contributed by atoms with E-state index in [4.69, 9.17) is 4.99 Å². The molecule has 3 amide bonds. The van der Waals surface area contributed by atoms with Gasteiger partial charge in [0.05, 0.1) is 6.04 Å². The molecule has 1 N–H and O–H groups in total. The lowest BCUT2D eigenvalue weighted by Gasteiger charge is -2.43. The minimum absolute atomic E-state index is 0.0433. The first-order valence-electron chi connectivity index (χ1n) is 12.0. The Balaban J connectivity index is 1.58. The van der Waals surface area contributed by atoms with Crippen LogP contribution in [0.3, 0.4) is 0 Å². The third-order valence-electron chi connectivity index (χ3n) is 7.17. The monoisotopic (exact) mass is 440 g/mol. The number of hydrogen-bond donors (Lipinski definition) is 1. The predicted molar refractivity (Wildman–Crippen MR) is 122 cm³/mol. The van der Waals surface area contributed by atoms with Gasteiger partial charge in [-0.3, -0.25) is 24.0 Å². The van der Waals surface area contributed by atoms with Gasteiger partial charge in [-0.15, -0.1) is 0 Å². The van der Waals surface area contributed by atoms with Crippen LogP contribution in [-0.4, -0.2) is 45.4 Å². The third-order valence-corrected chi connectivity index (χ3v) is 7.17. The number of nitrogens with zero attached hydrogens (tertiary/aromatic N) is 3. The number of aryl methyl sites for hydroxylation is 1. The van der Waals surface area contributed by atoms with E-state index in [2.05, 4.69) is 26.1 Å². The lowest BCUT2D eigenvalue weighted by atomic mass is 9.64. The summed E-state index contributed by atoms with van der Waals surface area (Å²) >= 11 is 0. The average Bonchev–Trinajstić information content (AvgIpc) is 2.90. The Kier molecular flexibility index (Phi) is 6.03. The molecule has 2 unspecified atom stereocenters. The average molecular weight is 441 g/mol. The van der Waals surface area contributed by atoms with Gasteiger partial charge >= 0.3 is 6.03 Å². The molecule has 1 saturated heterocycles. The maximum Gasteiger partial charge on any atom is 0.325 e. The first kappa shape index (κ1) is 22.7. The molecule has 1 aliphatic heterocycles. The smallest absolute Gasteiger partial charge is 0.323 e. The maximum absolute atomic E-state index is 13.4. The van der Waals surface area contributed by atoms with Crippen LogP contribution in [0.5, 0.6) is 0 Å². The van der Waals surface area contributed by atoms with Crippen LogP contribution in [0.2, 0.25) is 0 Å². The highest BCUT2D eigenvalue weighted by Gasteiger charge is 2.56. The molecule has 4 rings (SSSR count). The number of rotatable bonds is 3. The molecule has 1 aromatic rings. The van der Waals surface area contributed by atoms with Crippen molar-refractivity contribution in [1.82, 2.24) is 14.8 Å². The van der Waals surface area contributed by atoms with Gasteiger partial charge in [0.25, 0.3) is 11.8 Å². The van der Waals surface area contributed by atoms with Gasteiger partial charge in [0.15, 0.2) is 0 Å². The van der Waals surface area contributed by atoms with E-state index in [9.17, 15) is 14.4 Å². The third kappa shape index (κ3) is 4.52. The zero-order valence-electron chi connectivity index (χ0n) is 19.8. The van der Waals surface area contributed by atoms with Gasteiger partial charge in [-0.25, -0.2) is 4.79 Å². The van der Waals surface area contributed by atoms with Crippen molar-refractivity contribution in [2.45, 2.75) is 90.6 Å². The first-order chi connectivity index (χ1) is 15.1. The maximum atomic E-state index is 13.4. The summed E-state index contributed by atoms with van der Waals surface area (Å²) < 4.78 is 1.50. The second kappa shape index (κ2) is 8.49. The highest BCUT2D eigenvalue weighted by atomic mass is 16.2. The van der Waals surface area contributed by atoms with E-state index in [0.29, 0.717) is 24.2 Å². The van der Waals surface area contributed by atoms with E-state index in [1.165, 1.54) is 11.0 Å². The van der Waals surface area contributed by atoms with E-state index in [1.54, 1.807) is 6.20 Å². The summed E-state index contributed by atoms with van der Waals surface area (Å²) in [7, 11) is 0. The largest absolute Gasteiger partial charge is 0.325 e. The van der Waals surface area contributed by atoms with Gasteiger partial charge < -0.3 is 5.32 Å². The number of hydrogen-bond acceptors (Lipinski definition) is 4. The summed E-state index contributed by atoms with van der Waals surface area (Å²) in [5.41, 5.74) is 0.691. The zero-order chi connectivity index (χ0) is 23.1. The van der Waals surface area contributed by atoms with Gasteiger partial charge in [-0.2, -0.15) is 0 Å². The number of carbonyl (C=O) groups is 3.